The van der Waals surface area contributed by atoms with Gasteiger partial charge in [0.15, 0.2) is 11.5 Å². The van der Waals surface area contributed by atoms with E-state index in [1.165, 1.54) is 5.56 Å². The molecule has 0 saturated carbocycles. The quantitative estimate of drug-likeness (QED) is 0.535. The van der Waals surface area contributed by atoms with Gasteiger partial charge in [-0.2, -0.15) is 0 Å². The number of benzene rings is 3. The molecular formula is C29H32N2O4. The molecule has 3 aromatic carbocycles. The fraction of sp³-hybridized carbons (Fsp3) is 0.345. The SMILES string of the molecule is COc1cc2c(cc1OC)C(c1ccccc1)N(C(=O)c1cccc(CN3CCOCC3)c1)CC2. The molecule has 1 fully saturated rings. The molecule has 0 aromatic heterocycles. The van der Waals surface area contributed by atoms with E-state index >= 15 is 0 Å². The molecule has 6 heteroatoms. The first-order chi connectivity index (χ1) is 17.2. The van der Waals surface area contributed by atoms with Crippen LogP contribution in [0.1, 0.15) is 38.7 Å². The monoisotopic (exact) mass is 472 g/mol. The molecule has 0 radical (unpaired) electrons. The molecule has 5 rings (SSSR count). The lowest BCUT2D eigenvalue weighted by atomic mass is 9.87. The predicted octanol–water partition coefficient (Wildman–Crippen LogP) is 4.32. The van der Waals surface area contributed by atoms with Crippen LogP contribution in [0, 0.1) is 0 Å². The summed E-state index contributed by atoms with van der Waals surface area (Å²) in [4.78, 5) is 18.3. The number of morpholine rings is 1. The summed E-state index contributed by atoms with van der Waals surface area (Å²) in [7, 11) is 3.30. The molecule has 3 aromatic rings. The van der Waals surface area contributed by atoms with Crippen LogP contribution in [0.2, 0.25) is 0 Å². The van der Waals surface area contributed by atoms with Gasteiger partial charge in [0.05, 0.1) is 33.5 Å². The van der Waals surface area contributed by atoms with Crippen LogP contribution in [-0.4, -0.2) is 62.8 Å². The molecule has 2 heterocycles. The molecule has 0 bridgehead atoms. The molecule has 1 unspecified atom stereocenters. The second-order valence-corrected chi connectivity index (χ2v) is 9.06. The maximum atomic E-state index is 14.0. The topological polar surface area (TPSA) is 51.2 Å². The molecule has 1 amide bonds. The second kappa shape index (κ2) is 10.5. The second-order valence-electron chi connectivity index (χ2n) is 9.06. The minimum atomic E-state index is -0.199. The summed E-state index contributed by atoms with van der Waals surface area (Å²) < 4.78 is 16.6. The van der Waals surface area contributed by atoms with Crippen LogP contribution >= 0.6 is 0 Å². The number of carbonyl (C=O) groups is 1. The number of amides is 1. The average Bonchev–Trinajstić information content (AvgIpc) is 2.92. The summed E-state index contributed by atoms with van der Waals surface area (Å²) in [5.74, 6) is 1.44. The molecule has 0 aliphatic carbocycles. The van der Waals surface area contributed by atoms with Crippen molar-refractivity contribution in [2.24, 2.45) is 0 Å². The van der Waals surface area contributed by atoms with Gasteiger partial charge in [-0.1, -0.05) is 42.5 Å². The van der Waals surface area contributed by atoms with Crippen molar-refractivity contribution in [3.05, 3.63) is 94.5 Å². The fourth-order valence-electron chi connectivity index (χ4n) is 5.15. The van der Waals surface area contributed by atoms with Gasteiger partial charge >= 0.3 is 0 Å². The summed E-state index contributed by atoms with van der Waals surface area (Å²) >= 11 is 0. The first-order valence-corrected chi connectivity index (χ1v) is 12.2. The Kier molecular flexibility index (Phi) is 7.02. The zero-order valence-electron chi connectivity index (χ0n) is 20.4. The van der Waals surface area contributed by atoms with Gasteiger partial charge in [0, 0.05) is 31.7 Å². The summed E-state index contributed by atoms with van der Waals surface area (Å²) in [6.45, 7) is 4.82. The van der Waals surface area contributed by atoms with Crippen LogP contribution in [0.3, 0.4) is 0 Å². The number of hydrogen-bond acceptors (Lipinski definition) is 5. The van der Waals surface area contributed by atoms with Gasteiger partial charge in [-0.05, 0) is 52.9 Å². The van der Waals surface area contributed by atoms with Gasteiger partial charge < -0.3 is 19.1 Å². The number of carbonyl (C=O) groups excluding carboxylic acids is 1. The highest BCUT2D eigenvalue weighted by Crippen LogP contribution is 2.41. The molecule has 2 aliphatic rings. The van der Waals surface area contributed by atoms with Crippen molar-refractivity contribution in [2.75, 3.05) is 47.1 Å². The van der Waals surface area contributed by atoms with Gasteiger partial charge in [0.1, 0.15) is 0 Å². The van der Waals surface area contributed by atoms with Gasteiger partial charge in [0.25, 0.3) is 5.91 Å². The largest absolute Gasteiger partial charge is 0.493 e. The van der Waals surface area contributed by atoms with Crippen LogP contribution in [0.5, 0.6) is 11.5 Å². The van der Waals surface area contributed by atoms with Gasteiger partial charge in [-0.3, -0.25) is 9.69 Å². The standard InChI is InChI=1S/C29H32N2O4/c1-33-26-18-23-11-12-31(28(22-8-4-3-5-9-22)25(23)19-27(26)34-2)29(32)24-10-6-7-21(17-24)20-30-13-15-35-16-14-30/h3-10,17-19,28H,11-16,20H2,1-2H3. The molecule has 2 aliphatic heterocycles. The third-order valence-electron chi connectivity index (χ3n) is 6.93. The van der Waals surface area contributed by atoms with Crippen molar-refractivity contribution in [3.8, 4) is 11.5 Å². The Hall–Kier alpha value is -3.35. The first-order valence-electron chi connectivity index (χ1n) is 12.2. The molecule has 6 nitrogen and oxygen atoms in total. The highest BCUT2D eigenvalue weighted by molar-refractivity contribution is 5.95. The third kappa shape index (κ3) is 4.90. The van der Waals surface area contributed by atoms with Crippen LogP contribution in [-0.2, 0) is 17.7 Å². The van der Waals surface area contributed by atoms with E-state index in [0.717, 1.165) is 61.5 Å². The van der Waals surface area contributed by atoms with Crippen molar-refractivity contribution in [3.63, 3.8) is 0 Å². The van der Waals surface area contributed by atoms with Crippen LogP contribution in [0.15, 0.2) is 66.7 Å². The Labute approximate surface area is 207 Å². The van der Waals surface area contributed by atoms with Crippen molar-refractivity contribution < 1.29 is 19.0 Å². The Morgan fingerprint density at radius 1 is 0.914 bits per heavy atom. The van der Waals surface area contributed by atoms with Crippen molar-refractivity contribution in [1.82, 2.24) is 9.80 Å². The number of hydrogen-bond donors (Lipinski definition) is 0. The van der Waals surface area contributed by atoms with Crippen LogP contribution in [0.25, 0.3) is 0 Å². The molecule has 1 atom stereocenters. The number of rotatable bonds is 6. The van der Waals surface area contributed by atoms with Crippen LogP contribution < -0.4 is 9.47 Å². The van der Waals surface area contributed by atoms with E-state index in [4.69, 9.17) is 14.2 Å². The maximum Gasteiger partial charge on any atom is 0.254 e. The number of ether oxygens (including phenoxy) is 3. The number of methoxy groups -OCH3 is 2. The Morgan fingerprint density at radius 3 is 2.40 bits per heavy atom. The Morgan fingerprint density at radius 2 is 1.66 bits per heavy atom. The maximum absolute atomic E-state index is 14.0. The fourth-order valence-corrected chi connectivity index (χ4v) is 5.15. The summed E-state index contributed by atoms with van der Waals surface area (Å²) in [6.07, 6.45) is 0.762. The smallest absolute Gasteiger partial charge is 0.254 e. The summed E-state index contributed by atoms with van der Waals surface area (Å²) in [5.41, 5.74) is 5.22. The van der Waals surface area contributed by atoms with E-state index < -0.39 is 0 Å². The molecule has 182 valence electrons. The van der Waals surface area contributed by atoms with E-state index in [1.54, 1.807) is 14.2 Å². The Bertz CT molecular complexity index is 1170. The highest BCUT2D eigenvalue weighted by atomic mass is 16.5. The highest BCUT2D eigenvalue weighted by Gasteiger charge is 2.34. The van der Waals surface area contributed by atoms with E-state index in [2.05, 4.69) is 29.2 Å². The normalized spacial score (nSPS) is 18.1. The zero-order chi connectivity index (χ0) is 24.2. The minimum absolute atomic E-state index is 0.0446. The zero-order valence-corrected chi connectivity index (χ0v) is 20.4. The van der Waals surface area contributed by atoms with Gasteiger partial charge in [-0.25, -0.2) is 0 Å². The lowest BCUT2D eigenvalue weighted by molar-refractivity contribution is 0.0341. The number of fused-ring (bicyclic) bond motifs is 1. The van der Waals surface area contributed by atoms with Gasteiger partial charge in [-0.15, -0.1) is 0 Å². The van der Waals surface area contributed by atoms with Gasteiger partial charge in [0.2, 0.25) is 0 Å². The van der Waals surface area contributed by atoms with Crippen LogP contribution in [0.4, 0.5) is 0 Å². The van der Waals surface area contributed by atoms with E-state index in [1.807, 2.05) is 47.4 Å². The molecule has 35 heavy (non-hydrogen) atoms. The average molecular weight is 473 g/mol. The molecule has 1 saturated heterocycles. The summed E-state index contributed by atoms with van der Waals surface area (Å²) in [6, 6.07) is 22.2. The minimum Gasteiger partial charge on any atom is -0.493 e. The molecular weight excluding hydrogens is 440 g/mol. The van der Waals surface area contributed by atoms with E-state index in [0.29, 0.717) is 18.0 Å². The van der Waals surface area contributed by atoms with Crippen molar-refractivity contribution >= 4 is 5.91 Å². The molecule has 0 spiro atoms. The lowest BCUT2D eigenvalue weighted by Gasteiger charge is -2.38. The molecule has 0 N–H and O–H groups in total. The third-order valence-corrected chi connectivity index (χ3v) is 6.93. The van der Waals surface area contributed by atoms with E-state index in [9.17, 15) is 4.79 Å². The number of nitrogens with zero attached hydrogens (tertiary/aromatic N) is 2. The predicted molar refractivity (Wildman–Crippen MR) is 135 cm³/mol. The van der Waals surface area contributed by atoms with Crippen molar-refractivity contribution in [2.45, 2.75) is 19.0 Å². The first kappa shape index (κ1) is 23.4. The van der Waals surface area contributed by atoms with Crippen molar-refractivity contribution in [1.29, 1.82) is 0 Å². The Balaban J connectivity index is 1.49. The summed E-state index contributed by atoms with van der Waals surface area (Å²) in [5, 5.41) is 0. The lowest BCUT2D eigenvalue weighted by Crippen LogP contribution is -2.40. The van der Waals surface area contributed by atoms with E-state index in [-0.39, 0.29) is 11.9 Å².